The van der Waals surface area contributed by atoms with Gasteiger partial charge in [0.15, 0.2) is 0 Å². The first kappa shape index (κ1) is 25.9. The fourth-order valence-electron chi connectivity index (χ4n) is 4.00. The van der Waals surface area contributed by atoms with E-state index in [0.717, 1.165) is 13.8 Å². The number of benzene rings is 2. The molecule has 0 radical (unpaired) electrons. The number of aromatic nitrogens is 2. The maximum atomic E-state index is 13.5. The van der Waals surface area contributed by atoms with Crippen LogP contribution in [0.4, 0.5) is 24.5 Å². The molecule has 2 heterocycles. The molecule has 8 nitrogen and oxygen atoms in total. The van der Waals surface area contributed by atoms with Crippen molar-refractivity contribution >= 4 is 23.2 Å². The second-order valence-electron chi connectivity index (χ2n) is 9.40. The molecule has 1 aromatic heterocycles. The molecule has 0 unspecified atom stereocenters. The van der Waals surface area contributed by atoms with Gasteiger partial charge < -0.3 is 10.2 Å². The van der Waals surface area contributed by atoms with Gasteiger partial charge in [0, 0.05) is 17.9 Å². The van der Waals surface area contributed by atoms with Crippen LogP contribution in [0.1, 0.15) is 52.7 Å². The number of nitrogens with one attached hydrogen (secondary N) is 2. The summed E-state index contributed by atoms with van der Waals surface area (Å²) in [6.07, 6.45) is -3.06. The first-order valence-electron chi connectivity index (χ1n) is 11.5. The standard InChI is InChI=1S/C26H25F3N6O2/c1-16-15-34-22(21(14-32-34)23(36)33-19-6-4-5-18(11-19)12-30)24(37)35(16)20-9-7-17(8-10-20)13-31-25(2,3)26(27,28)29/h4-11,14,16,31H,13,15H2,1-3H3,(H,33,36)/t16-/m0/s1. The average Bonchev–Trinajstić information content (AvgIpc) is 3.27. The smallest absolute Gasteiger partial charge is 0.322 e. The Balaban J connectivity index is 1.53. The molecule has 0 saturated heterocycles. The van der Waals surface area contributed by atoms with Crippen LogP contribution in [-0.4, -0.2) is 39.4 Å². The summed E-state index contributed by atoms with van der Waals surface area (Å²) in [5, 5.41) is 18.5. The summed E-state index contributed by atoms with van der Waals surface area (Å²) in [5.41, 5.74) is 0.153. The minimum Gasteiger partial charge on any atom is -0.322 e. The number of carbonyl (C=O) groups excluding carboxylic acids is 2. The highest BCUT2D eigenvalue weighted by Crippen LogP contribution is 2.31. The molecular weight excluding hydrogens is 485 g/mol. The van der Waals surface area contributed by atoms with Gasteiger partial charge in [-0.15, -0.1) is 0 Å². The van der Waals surface area contributed by atoms with E-state index in [9.17, 15) is 22.8 Å². The maximum absolute atomic E-state index is 13.5. The molecule has 0 bridgehead atoms. The van der Waals surface area contributed by atoms with Crippen molar-refractivity contribution in [2.75, 3.05) is 10.2 Å². The normalized spacial score (nSPS) is 15.8. The molecular formula is C26H25F3N6O2. The van der Waals surface area contributed by atoms with Crippen LogP contribution in [0.25, 0.3) is 0 Å². The molecule has 0 saturated carbocycles. The van der Waals surface area contributed by atoms with Crippen LogP contribution >= 0.6 is 0 Å². The Morgan fingerprint density at radius 1 is 1.19 bits per heavy atom. The third-order valence-corrected chi connectivity index (χ3v) is 6.29. The van der Waals surface area contributed by atoms with Gasteiger partial charge in [0.05, 0.1) is 36.0 Å². The second-order valence-corrected chi connectivity index (χ2v) is 9.40. The zero-order valence-corrected chi connectivity index (χ0v) is 20.4. The van der Waals surface area contributed by atoms with E-state index >= 15 is 0 Å². The SMILES string of the molecule is C[C@H]1Cn2ncc(C(=O)Nc3cccc(C#N)c3)c2C(=O)N1c1ccc(CNC(C)(C)C(F)(F)F)cc1. The fourth-order valence-corrected chi connectivity index (χ4v) is 4.00. The Bertz CT molecular complexity index is 1370. The van der Waals surface area contributed by atoms with Crippen LogP contribution in [0.2, 0.25) is 0 Å². The predicted octanol–water partition coefficient (Wildman–Crippen LogP) is 4.49. The topological polar surface area (TPSA) is 103 Å². The first-order valence-corrected chi connectivity index (χ1v) is 11.5. The van der Waals surface area contributed by atoms with Crippen molar-refractivity contribution in [2.45, 2.75) is 51.6 Å². The molecule has 4 rings (SSSR count). The molecule has 2 aromatic carbocycles. The number of nitriles is 1. The molecule has 37 heavy (non-hydrogen) atoms. The highest BCUT2D eigenvalue weighted by molar-refractivity contribution is 6.15. The quantitative estimate of drug-likeness (QED) is 0.509. The lowest BCUT2D eigenvalue weighted by Crippen LogP contribution is -2.51. The minimum atomic E-state index is -4.39. The summed E-state index contributed by atoms with van der Waals surface area (Å²) in [6.45, 7) is 4.35. The number of rotatable bonds is 6. The number of alkyl halides is 3. The van der Waals surface area contributed by atoms with Crippen molar-refractivity contribution in [1.82, 2.24) is 15.1 Å². The minimum absolute atomic E-state index is 0.000378. The monoisotopic (exact) mass is 510 g/mol. The molecule has 0 fully saturated rings. The van der Waals surface area contributed by atoms with E-state index in [-0.39, 0.29) is 23.8 Å². The molecule has 2 N–H and O–H groups in total. The molecule has 0 aliphatic carbocycles. The van der Waals surface area contributed by atoms with Gasteiger partial charge in [-0.05, 0) is 56.7 Å². The summed E-state index contributed by atoms with van der Waals surface area (Å²) in [4.78, 5) is 28.0. The van der Waals surface area contributed by atoms with Crippen LogP contribution in [0.3, 0.4) is 0 Å². The van der Waals surface area contributed by atoms with Crippen LogP contribution in [0, 0.1) is 11.3 Å². The maximum Gasteiger partial charge on any atom is 0.406 e. The predicted molar refractivity (Wildman–Crippen MR) is 131 cm³/mol. The largest absolute Gasteiger partial charge is 0.406 e. The van der Waals surface area contributed by atoms with Crippen molar-refractivity contribution in [1.29, 1.82) is 5.26 Å². The highest BCUT2D eigenvalue weighted by atomic mass is 19.4. The lowest BCUT2D eigenvalue weighted by atomic mass is 10.0. The van der Waals surface area contributed by atoms with Crippen molar-refractivity contribution in [3.8, 4) is 6.07 Å². The molecule has 11 heteroatoms. The van der Waals surface area contributed by atoms with Crippen molar-refractivity contribution < 1.29 is 22.8 Å². The first-order chi connectivity index (χ1) is 17.4. The van der Waals surface area contributed by atoms with Gasteiger partial charge in [0.2, 0.25) is 0 Å². The number of carbonyl (C=O) groups is 2. The Morgan fingerprint density at radius 3 is 2.54 bits per heavy atom. The second kappa shape index (κ2) is 9.71. The highest BCUT2D eigenvalue weighted by Gasteiger charge is 2.46. The van der Waals surface area contributed by atoms with E-state index in [4.69, 9.17) is 5.26 Å². The number of nitrogens with zero attached hydrogens (tertiary/aromatic N) is 4. The van der Waals surface area contributed by atoms with E-state index in [1.54, 1.807) is 47.4 Å². The average molecular weight is 511 g/mol. The van der Waals surface area contributed by atoms with Crippen LogP contribution in [-0.2, 0) is 13.1 Å². The molecule has 2 amide bonds. The lowest BCUT2D eigenvalue weighted by molar-refractivity contribution is -0.186. The van der Waals surface area contributed by atoms with Crippen molar-refractivity contribution in [3.05, 3.63) is 77.1 Å². The third-order valence-electron chi connectivity index (χ3n) is 6.29. The zero-order valence-electron chi connectivity index (χ0n) is 20.4. The van der Waals surface area contributed by atoms with E-state index in [2.05, 4.69) is 15.7 Å². The number of fused-ring (bicyclic) bond motifs is 1. The Labute approximate surface area is 211 Å². The summed E-state index contributed by atoms with van der Waals surface area (Å²) in [7, 11) is 0. The van der Waals surface area contributed by atoms with Gasteiger partial charge in [-0.25, -0.2) is 0 Å². The van der Waals surface area contributed by atoms with E-state index in [0.29, 0.717) is 29.0 Å². The van der Waals surface area contributed by atoms with Crippen LogP contribution in [0.15, 0.2) is 54.7 Å². The lowest BCUT2D eigenvalue weighted by Gasteiger charge is -2.34. The molecule has 3 aromatic rings. The van der Waals surface area contributed by atoms with Gasteiger partial charge in [0.25, 0.3) is 11.8 Å². The summed E-state index contributed by atoms with van der Waals surface area (Å²) >= 11 is 0. The van der Waals surface area contributed by atoms with Crippen LogP contribution < -0.4 is 15.5 Å². The summed E-state index contributed by atoms with van der Waals surface area (Å²) in [5.74, 6) is -0.954. The number of anilines is 2. The van der Waals surface area contributed by atoms with Gasteiger partial charge >= 0.3 is 6.18 Å². The summed E-state index contributed by atoms with van der Waals surface area (Å²) < 4.78 is 40.8. The Hall–Kier alpha value is -4.17. The number of hydrogen-bond acceptors (Lipinski definition) is 5. The Morgan fingerprint density at radius 2 is 1.89 bits per heavy atom. The van der Waals surface area contributed by atoms with Crippen LogP contribution in [0.5, 0.6) is 0 Å². The van der Waals surface area contributed by atoms with E-state index < -0.39 is 23.5 Å². The molecule has 192 valence electrons. The van der Waals surface area contributed by atoms with Gasteiger partial charge in [0.1, 0.15) is 11.2 Å². The molecule has 1 aliphatic rings. The van der Waals surface area contributed by atoms with E-state index in [1.807, 2.05) is 13.0 Å². The molecule has 1 aliphatic heterocycles. The fraction of sp³-hybridized carbons (Fsp3) is 0.308. The van der Waals surface area contributed by atoms with Crippen molar-refractivity contribution in [2.24, 2.45) is 0 Å². The van der Waals surface area contributed by atoms with Gasteiger partial charge in [-0.2, -0.15) is 23.5 Å². The number of amides is 2. The molecule has 0 spiro atoms. The van der Waals surface area contributed by atoms with Crippen molar-refractivity contribution in [3.63, 3.8) is 0 Å². The summed E-state index contributed by atoms with van der Waals surface area (Å²) in [6, 6.07) is 14.8. The molecule has 1 atom stereocenters. The number of halogens is 3. The van der Waals surface area contributed by atoms with E-state index in [1.165, 1.54) is 16.9 Å². The Kier molecular flexibility index (Phi) is 6.80. The number of hydrogen-bond donors (Lipinski definition) is 2. The van der Waals surface area contributed by atoms with Gasteiger partial charge in [-0.1, -0.05) is 18.2 Å². The third kappa shape index (κ3) is 5.20. The zero-order chi connectivity index (χ0) is 27.0. The van der Waals surface area contributed by atoms with Gasteiger partial charge in [-0.3, -0.25) is 19.6 Å².